The third-order valence-electron chi connectivity index (χ3n) is 5.61. The van der Waals surface area contributed by atoms with E-state index in [2.05, 4.69) is 4.72 Å². The van der Waals surface area contributed by atoms with Gasteiger partial charge in [0.05, 0.1) is 4.90 Å². The van der Waals surface area contributed by atoms with E-state index in [9.17, 15) is 23.1 Å². The topological polar surface area (TPSA) is 113 Å². The Labute approximate surface area is 197 Å². The summed E-state index contributed by atoms with van der Waals surface area (Å²) >= 11 is 0. The molecule has 2 N–H and O–H groups in total. The molecule has 34 heavy (non-hydrogen) atoms. The predicted octanol–water partition coefficient (Wildman–Crippen LogP) is 3.01. The van der Waals surface area contributed by atoms with E-state index in [1.165, 1.54) is 6.07 Å². The van der Waals surface area contributed by atoms with E-state index in [1.54, 1.807) is 29.2 Å². The van der Waals surface area contributed by atoms with Crippen LogP contribution in [0.15, 0.2) is 77.7 Å². The lowest BCUT2D eigenvalue weighted by Gasteiger charge is -2.22. The first-order valence-electron chi connectivity index (χ1n) is 10.7. The number of nitrogens with zero attached hydrogens (tertiary/aromatic N) is 1. The van der Waals surface area contributed by atoms with Crippen LogP contribution in [-0.2, 0) is 32.5 Å². The van der Waals surface area contributed by atoms with Gasteiger partial charge in [-0.25, -0.2) is 17.9 Å². The number of benzene rings is 3. The molecule has 0 aromatic heterocycles. The van der Waals surface area contributed by atoms with E-state index < -0.39 is 34.3 Å². The van der Waals surface area contributed by atoms with Gasteiger partial charge in [-0.1, -0.05) is 48.5 Å². The van der Waals surface area contributed by atoms with E-state index in [1.807, 2.05) is 37.3 Å². The van der Waals surface area contributed by atoms with Gasteiger partial charge in [0, 0.05) is 18.3 Å². The summed E-state index contributed by atoms with van der Waals surface area (Å²) in [6.07, 6.45) is 0.701. The van der Waals surface area contributed by atoms with Crippen LogP contribution in [0.3, 0.4) is 0 Å². The molecule has 0 bridgehead atoms. The van der Waals surface area contributed by atoms with Crippen molar-refractivity contribution < 1.29 is 27.9 Å². The number of phenolic OH excluding ortho intramolecular Hbond substituents is 1. The summed E-state index contributed by atoms with van der Waals surface area (Å²) in [5.41, 5.74) is 2.23. The predicted molar refractivity (Wildman–Crippen MR) is 126 cm³/mol. The summed E-state index contributed by atoms with van der Waals surface area (Å²) in [5.74, 6) is -1.84. The Bertz CT molecular complexity index is 1320. The van der Waals surface area contributed by atoms with Gasteiger partial charge >= 0.3 is 5.97 Å². The third kappa shape index (κ3) is 4.95. The largest absolute Gasteiger partial charge is 0.507 e. The van der Waals surface area contributed by atoms with Crippen molar-refractivity contribution in [3.63, 3.8) is 0 Å². The number of anilines is 1. The Balaban J connectivity index is 1.44. The number of amides is 1. The zero-order valence-electron chi connectivity index (χ0n) is 18.5. The molecule has 0 radical (unpaired) electrons. The van der Waals surface area contributed by atoms with E-state index in [-0.39, 0.29) is 23.0 Å². The van der Waals surface area contributed by atoms with Crippen LogP contribution >= 0.6 is 0 Å². The lowest BCUT2D eigenvalue weighted by atomic mass is 10.1. The number of sulfonamides is 1. The second-order valence-electron chi connectivity index (χ2n) is 8.01. The number of fused-ring (bicyclic) bond motifs is 1. The molecule has 9 heteroatoms. The Morgan fingerprint density at radius 3 is 2.53 bits per heavy atom. The fourth-order valence-electron chi connectivity index (χ4n) is 3.92. The second kappa shape index (κ2) is 9.66. The van der Waals surface area contributed by atoms with Gasteiger partial charge in [0.25, 0.3) is 5.91 Å². The van der Waals surface area contributed by atoms with Crippen molar-refractivity contribution in [3.05, 3.63) is 89.5 Å². The van der Waals surface area contributed by atoms with Crippen LogP contribution in [0.4, 0.5) is 5.69 Å². The number of aromatic hydroxyl groups is 1. The molecule has 1 aliphatic heterocycles. The van der Waals surface area contributed by atoms with Gasteiger partial charge in [-0.3, -0.25) is 4.79 Å². The summed E-state index contributed by atoms with van der Waals surface area (Å²) in [7, 11) is -3.96. The SMILES string of the molecule is CC1Cc2ccccc2N1C(=O)COC(=O)c1cc(S(=O)(=O)NCc2ccccc2)ccc1O. The van der Waals surface area contributed by atoms with Gasteiger partial charge in [-0.2, -0.15) is 0 Å². The van der Waals surface area contributed by atoms with Gasteiger partial charge in [-0.15, -0.1) is 0 Å². The van der Waals surface area contributed by atoms with Crippen LogP contribution in [0.2, 0.25) is 0 Å². The molecule has 1 aliphatic rings. The van der Waals surface area contributed by atoms with Crippen LogP contribution in [0, 0.1) is 0 Å². The molecule has 1 atom stereocenters. The quantitative estimate of drug-likeness (QED) is 0.503. The van der Waals surface area contributed by atoms with Crippen LogP contribution in [-0.4, -0.2) is 38.0 Å². The smallest absolute Gasteiger partial charge is 0.342 e. The summed E-state index contributed by atoms with van der Waals surface area (Å²) < 4.78 is 33.0. The third-order valence-corrected chi connectivity index (χ3v) is 7.01. The van der Waals surface area contributed by atoms with Crippen molar-refractivity contribution in [3.8, 4) is 5.75 Å². The molecule has 0 saturated carbocycles. The van der Waals surface area contributed by atoms with Gasteiger partial charge in [0.2, 0.25) is 10.0 Å². The zero-order chi connectivity index (χ0) is 24.3. The van der Waals surface area contributed by atoms with Gasteiger partial charge < -0.3 is 14.7 Å². The summed E-state index contributed by atoms with van der Waals surface area (Å²) in [4.78, 5) is 26.7. The van der Waals surface area contributed by atoms with Crippen molar-refractivity contribution in [2.75, 3.05) is 11.5 Å². The Hall–Kier alpha value is -3.69. The van der Waals surface area contributed by atoms with Crippen molar-refractivity contribution in [1.29, 1.82) is 0 Å². The molecule has 0 saturated heterocycles. The minimum Gasteiger partial charge on any atom is -0.507 e. The molecular formula is C25H24N2O6S. The Morgan fingerprint density at radius 2 is 1.76 bits per heavy atom. The highest BCUT2D eigenvalue weighted by Crippen LogP contribution is 2.32. The first-order valence-corrected chi connectivity index (χ1v) is 12.2. The molecule has 1 heterocycles. The van der Waals surface area contributed by atoms with Gasteiger partial charge in [0.15, 0.2) is 6.61 Å². The summed E-state index contributed by atoms with van der Waals surface area (Å²) in [6, 6.07) is 19.7. The fraction of sp³-hybridized carbons (Fsp3) is 0.200. The number of rotatable bonds is 7. The lowest BCUT2D eigenvalue weighted by molar-refractivity contribution is -0.122. The van der Waals surface area contributed by atoms with Crippen molar-refractivity contribution in [2.45, 2.75) is 30.8 Å². The highest BCUT2D eigenvalue weighted by molar-refractivity contribution is 7.89. The molecule has 0 fully saturated rings. The average Bonchev–Trinajstić information content (AvgIpc) is 3.17. The molecular weight excluding hydrogens is 456 g/mol. The summed E-state index contributed by atoms with van der Waals surface area (Å²) in [6.45, 7) is 1.43. The monoisotopic (exact) mass is 480 g/mol. The summed E-state index contributed by atoms with van der Waals surface area (Å²) in [5, 5.41) is 10.1. The molecule has 3 aromatic carbocycles. The Morgan fingerprint density at radius 1 is 1.06 bits per heavy atom. The maximum absolute atomic E-state index is 12.8. The van der Waals surface area contributed by atoms with Gasteiger partial charge in [0.1, 0.15) is 11.3 Å². The van der Waals surface area contributed by atoms with Crippen LogP contribution in [0.25, 0.3) is 0 Å². The minimum atomic E-state index is -3.96. The molecule has 1 amide bonds. The second-order valence-corrected chi connectivity index (χ2v) is 9.78. The maximum atomic E-state index is 12.8. The number of esters is 1. The highest BCUT2D eigenvalue weighted by Gasteiger charge is 2.31. The first kappa shape index (κ1) is 23.5. The fourth-order valence-corrected chi connectivity index (χ4v) is 4.97. The molecule has 0 aliphatic carbocycles. The van der Waals surface area contributed by atoms with Crippen LogP contribution in [0.1, 0.15) is 28.4 Å². The molecule has 0 spiro atoms. The van der Waals surface area contributed by atoms with Crippen molar-refractivity contribution >= 4 is 27.6 Å². The number of nitrogens with one attached hydrogen (secondary N) is 1. The highest BCUT2D eigenvalue weighted by atomic mass is 32.2. The number of para-hydroxylation sites is 1. The van der Waals surface area contributed by atoms with E-state index in [0.717, 1.165) is 28.9 Å². The number of ether oxygens (including phenoxy) is 1. The zero-order valence-corrected chi connectivity index (χ0v) is 19.3. The number of phenols is 1. The van der Waals surface area contributed by atoms with Crippen LogP contribution in [0.5, 0.6) is 5.75 Å². The number of carbonyl (C=O) groups is 2. The van der Waals surface area contributed by atoms with E-state index >= 15 is 0 Å². The van der Waals surface area contributed by atoms with E-state index in [4.69, 9.17) is 4.74 Å². The number of hydrogen-bond donors (Lipinski definition) is 2. The van der Waals surface area contributed by atoms with Crippen molar-refractivity contribution in [1.82, 2.24) is 4.72 Å². The minimum absolute atomic E-state index is 0.0633. The van der Waals surface area contributed by atoms with Crippen LogP contribution < -0.4 is 9.62 Å². The van der Waals surface area contributed by atoms with E-state index in [0.29, 0.717) is 6.42 Å². The van der Waals surface area contributed by atoms with Crippen molar-refractivity contribution in [2.24, 2.45) is 0 Å². The number of carbonyl (C=O) groups excluding carboxylic acids is 2. The standard InChI is InChI=1S/C25H24N2O6S/c1-17-13-19-9-5-6-10-22(19)27(17)24(29)16-33-25(30)21-14-20(11-12-23(21)28)34(31,32)26-15-18-7-3-2-4-8-18/h2-12,14,17,26,28H,13,15-16H2,1H3. The Kier molecular flexibility index (Phi) is 6.67. The maximum Gasteiger partial charge on any atom is 0.342 e. The molecule has 4 rings (SSSR count). The molecule has 3 aromatic rings. The first-order chi connectivity index (χ1) is 16.3. The molecule has 1 unspecified atom stereocenters. The average molecular weight is 481 g/mol. The normalized spacial score (nSPS) is 15.1. The lowest BCUT2D eigenvalue weighted by Crippen LogP contribution is -2.38. The molecule has 176 valence electrons. The molecule has 8 nitrogen and oxygen atoms in total. The number of hydrogen-bond acceptors (Lipinski definition) is 6. The van der Waals surface area contributed by atoms with Gasteiger partial charge in [-0.05, 0) is 48.7 Å².